The van der Waals surface area contributed by atoms with Gasteiger partial charge >= 0.3 is 5.97 Å². The molecule has 27 heavy (non-hydrogen) atoms. The van der Waals surface area contributed by atoms with E-state index in [1.807, 2.05) is 6.07 Å². The Bertz CT molecular complexity index is 868. The minimum Gasteiger partial charge on any atom is -0.448 e. The monoisotopic (exact) mass is 387 g/mol. The molecule has 0 saturated heterocycles. The van der Waals surface area contributed by atoms with Crippen LogP contribution in [-0.4, -0.2) is 28.9 Å². The third-order valence-corrected chi connectivity index (χ3v) is 3.61. The Morgan fingerprint density at radius 1 is 1.15 bits per heavy atom. The maximum absolute atomic E-state index is 12.4. The number of nitrogens with one attached hydrogen (secondary N) is 2. The van der Waals surface area contributed by atoms with E-state index in [1.165, 1.54) is 26.1 Å². The Morgan fingerprint density at radius 2 is 1.85 bits per heavy atom. The topological polar surface area (TPSA) is 97.4 Å². The first-order valence-electron chi connectivity index (χ1n) is 8.03. The first-order valence-corrected chi connectivity index (χ1v) is 8.41. The molecule has 0 unspecified atom stereocenters. The smallest absolute Gasteiger partial charge is 0.355 e. The summed E-state index contributed by atoms with van der Waals surface area (Å²) in [5.41, 5.74) is 0.916. The van der Waals surface area contributed by atoms with Crippen LogP contribution in [0.15, 0.2) is 54.4 Å². The molecule has 1 atom stereocenters. The Kier molecular flexibility index (Phi) is 7.08. The number of carbonyl (C=O) groups is 3. The van der Waals surface area contributed by atoms with Crippen LogP contribution in [0.25, 0.3) is 6.08 Å². The summed E-state index contributed by atoms with van der Waals surface area (Å²) in [6.07, 6.45) is 1.82. The Hall–Kier alpha value is -3.19. The predicted octanol–water partition coefficient (Wildman–Crippen LogP) is 2.78. The zero-order valence-corrected chi connectivity index (χ0v) is 15.5. The molecule has 0 saturated carbocycles. The van der Waals surface area contributed by atoms with Gasteiger partial charge in [-0.05, 0) is 30.7 Å². The molecule has 140 valence electrons. The maximum atomic E-state index is 12.4. The summed E-state index contributed by atoms with van der Waals surface area (Å²) in [5, 5.41) is 5.06. The molecule has 0 aliphatic rings. The summed E-state index contributed by atoms with van der Waals surface area (Å²) >= 11 is 5.89. The highest BCUT2D eigenvalue weighted by molar-refractivity contribution is 6.32. The molecule has 0 aliphatic heterocycles. The SMILES string of the molecule is CC(=O)N/C(=C\c1ccccc1)C(=O)O[C@@H](C)C(=O)Nc1cccnc1Cl. The lowest BCUT2D eigenvalue weighted by Gasteiger charge is -2.15. The number of benzene rings is 1. The van der Waals surface area contributed by atoms with E-state index in [2.05, 4.69) is 15.6 Å². The molecule has 8 heteroatoms. The third kappa shape index (κ3) is 6.23. The third-order valence-electron chi connectivity index (χ3n) is 3.31. The van der Waals surface area contributed by atoms with Crippen molar-refractivity contribution in [2.24, 2.45) is 0 Å². The zero-order chi connectivity index (χ0) is 19.8. The van der Waals surface area contributed by atoms with Gasteiger partial charge in [0.15, 0.2) is 11.3 Å². The van der Waals surface area contributed by atoms with Crippen molar-refractivity contribution < 1.29 is 19.1 Å². The number of hydrogen-bond donors (Lipinski definition) is 2. The number of anilines is 1. The molecule has 2 amide bonds. The second-order valence-corrected chi connectivity index (χ2v) is 5.89. The maximum Gasteiger partial charge on any atom is 0.355 e. The van der Waals surface area contributed by atoms with Gasteiger partial charge in [0.1, 0.15) is 5.70 Å². The Labute approximate surface area is 161 Å². The molecular weight excluding hydrogens is 370 g/mol. The summed E-state index contributed by atoms with van der Waals surface area (Å²) in [6, 6.07) is 12.1. The van der Waals surface area contributed by atoms with Crippen LogP contribution >= 0.6 is 11.6 Å². The Morgan fingerprint density at radius 3 is 2.48 bits per heavy atom. The number of esters is 1. The average molecular weight is 388 g/mol. The molecule has 1 aromatic heterocycles. The van der Waals surface area contributed by atoms with Crippen LogP contribution in [0.3, 0.4) is 0 Å². The van der Waals surface area contributed by atoms with Crippen LogP contribution in [-0.2, 0) is 19.1 Å². The van der Waals surface area contributed by atoms with Crippen LogP contribution in [0.1, 0.15) is 19.4 Å². The van der Waals surface area contributed by atoms with Gasteiger partial charge in [-0.2, -0.15) is 0 Å². The number of ether oxygens (including phenoxy) is 1. The predicted molar refractivity (Wildman–Crippen MR) is 102 cm³/mol. The molecule has 2 rings (SSSR count). The number of halogens is 1. The van der Waals surface area contributed by atoms with Crippen molar-refractivity contribution in [2.45, 2.75) is 20.0 Å². The molecular formula is C19H18ClN3O4. The van der Waals surface area contributed by atoms with Gasteiger partial charge in [-0.15, -0.1) is 0 Å². The minimum atomic E-state index is -1.12. The van der Waals surface area contributed by atoms with E-state index in [9.17, 15) is 14.4 Å². The molecule has 0 aliphatic carbocycles. The van der Waals surface area contributed by atoms with Gasteiger partial charge in [0.2, 0.25) is 5.91 Å². The minimum absolute atomic E-state index is 0.0761. The number of rotatable bonds is 6. The standard InChI is InChI=1S/C19H18ClN3O4/c1-12(18(25)23-15-9-6-10-21-17(15)20)27-19(26)16(22-13(2)24)11-14-7-4-3-5-8-14/h3-12H,1-2H3,(H,22,24)(H,23,25)/b16-11-/t12-/m0/s1. The molecule has 1 heterocycles. The van der Waals surface area contributed by atoms with Crippen LogP contribution in [0.5, 0.6) is 0 Å². The van der Waals surface area contributed by atoms with Crippen molar-refractivity contribution in [3.63, 3.8) is 0 Å². The molecule has 2 aromatic rings. The van der Waals surface area contributed by atoms with Crippen LogP contribution in [0.2, 0.25) is 5.15 Å². The van der Waals surface area contributed by atoms with Crippen molar-refractivity contribution in [1.82, 2.24) is 10.3 Å². The van der Waals surface area contributed by atoms with Gasteiger partial charge in [-0.3, -0.25) is 9.59 Å². The van der Waals surface area contributed by atoms with Gasteiger partial charge in [-0.25, -0.2) is 9.78 Å². The van der Waals surface area contributed by atoms with Crippen LogP contribution in [0, 0.1) is 0 Å². The lowest BCUT2D eigenvalue weighted by atomic mass is 10.2. The van der Waals surface area contributed by atoms with Crippen LogP contribution < -0.4 is 10.6 Å². The number of pyridine rings is 1. The molecule has 0 radical (unpaired) electrons. The summed E-state index contributed by atoms with van der Waals surface area (Å²) in [7, 11) is 0. The Balaban J connectivity index is 2.09. The van der Waals surface area contributed by atoms with Crippen molar-refractivity contribution in [2.75, 3.05) is 5.32 Å². The zero-order valence-electron chi connectivity index (χ0n) is 14.7. The van der Waals surface area contributed by atoms with E-state index < -0.39 is 23.9 Å². The van der Waals surface area contributed by atoms with E-state index >= 15 is 0 Å². The summed E-state index contributed by atoms with van der Waals surface area (Å²) in [5.74, 6) is -1.86. The number of hydrogen-bond acceptors (Lipinski definition) is 5. The number of carbonyl (C=O) groups excluding carboxylic acids is 3. The van der Waals surface area contributed by atoms with Gasteiger partial charge in [0, 0.05) is 13.1 Å². The van der Waals surface area contributed by atoms with E-state index in [-0.39, 0.29) is 10.9 Å². The number of nitrogens with zero attached hydrogens (tertiary/aromatic N) is 1. The van der Waals surface area contributed by atoms with E-state index in [0.29, 0.717) is 11.3 Å². The summed E-state index contributed by atoms with van der Waals surface area (Å²) in [4.78, 5) is 39.8. The molecule has 0 fully saturated rings. The largest absolute Gasteiger partial charge is 0.448 e. The van der Waals surface area contributed by atoms with Gasteiger partial charge < -0.3 is 15.4 Å². The fraction of sp³-hybridized carbons (Fsp3) is 0.158. The van der Waals surface area contributed by atoms with Crippen molar-refractivity contribution in [1.29, 1.82) is 0 Å². The first-order chi connectivity index (χ1) is 12.9. The van der Waals surface area contributed by atoms with E-state index in [4.69, 9.17) is 16.3 Å². The van der Waals surface area contributed by atoms with Gasteiger partial charge in [0.05, 0.1) is 5.69 Å². The normalized spacial score (nSPS) is 12.0. The average Bonchev–Trinajstić information content (AvgIpc) is 2.63. The highest BCUT2D eigenvalue weighted by Gasteiger charge is 2.22. The highest BCUT2D eigenvalue weighted by atomic mass is 35.5. The fourth-order valence-electron chi connectivity index (χ4n) is 2.04. The summed E-state index contributed by atoms with van der Waals surface area (Å²) in [6.45, 7) is 2.68. The molecule has 0 bridgehead atoms. The molecule has 7 nitrogen and oxygen atoms in total. The lowest BCUT2D eigenvalue weighted by molar-refractivity contribution is -0.149. The van der Waals surface area contributed by atoms with Gasteiger partial charge in [0.25, 0.3) is 5.91 Å². The van der Waals surface area contributed by atoms with Crippen molar-refractivity contribution in [3.05, 3.63) is 65.1 Å². The second kappa shape index (κ2) is 9.49. The van der Waals surface area contributed by atoms with E-state index in [1.54, 1.807) is 36.4 Å². The fourth-order valence-corrected chi connectivity index (χ4v) is 2.21. The van der Waals surface area contributed by atoms with Crippen molar-refractivity contribution >= 4 is 41.1 Å². The number of aromatic nitrogens is 1. The van der Waals surface area contributed by atoms with Crippen molar-refractivity contribution in [3.8, 4) is 0 Å². The highest BCUT2D eigenvalue weighted by Crippen LogP contribution is 2.18. The molecule has 2 N–H and O–H groups in total. The summed E-state index contributed by atoms with van der Waals surface area (Å²) < 4.78 is 5.16. The second-order valence-electron chi connectivity index (χ2n) is 5.53. The molecule has 0 spiro atoms. The molecule has 1 aromatic carbocycles. The van der Waals surface area contributed by atoms with Crippen LogP contribution in [0.4, 0.5) is 5.69 Å². The quantitative estimate of drug-likeness (QED) is 0.451. The lowest BCUT2D eigenvalue weighted by Crippen LogP contribution is -2.33. The number of amides is 2. The first kappa shape index (κ1) is 20.1. The van der Waals surface area contributed by atoms with Gasteiger partial charge in [-0.1, -0.05) is 41.9 Å². The van der Waals surface area contributed by atoms with E-state index in [0.717, 1.165) is 0 Å².